The molecule has 1 amide bonds. The summed E-state index contributed by atoms with van der Waals surface area (Å²) in [5.74, 6) is -0.630. The Morgan fingerprint density at radius 3 is 2.58 bits per heavy atom. The Morgan fingerprint density at radius 1 is 1.42 bits per heavy atom. The number of nitrogens with one attached hydrogen (secondary N) is 1. The summed E-state index contributed by atoms with van der Waals surface area (Å²) in [6.07, 6.45) is 0.683. The van der Waals surface area contributed by atoms with E-state index in [4.69, 9.17) is 16.3 Å². The van der Waals surface area contributed by atoms with Crippen LogP contribution >= 0.6 is 27.5 Å². The van der Waals surface area contributed by atoms with E-state index < -0.39 is 28.1 Å². The van der Waals surface area contributed by atoms with Crippen LogP contribution in [-0.4, -0.2) is 45.6 Å². The second kappa shape index (κ2) is 8.74. The third-order valence-electron chi connectivity index (χ3n) is 4.95. The molecule has 1 aliphatic rings. The lowest BCUT2D eigenvalue weighted by atomic mass is 10.0. The first-order valence-electron chi connectivity index (χ1n) is 9.75. The van der Waals surface area contributed by atoms with Crippen LogP contribution in [0.2, 0.25) is 5.15 Å². The summed E-state index contributed by atoms with van der Waals surface area (Å²) in [6, 6.07) is 1.46. The number of piperidine rings is 1. The highest BCUT2D eigenvalue weighted by Gasteiger charge is 2.31. The third kappa shape index (κ3) is 5.01. The number of halogens is 3. The Kier molecular flexibility index (Phi) is 6.61. The monoisotopic (exact) mass is 516 g/mol. The Bertz CT molecular complexity index is 1050. The van der Waals surface area contributed by atoms with Crippen molar-refractivity contribution in [3.8, 4) is 0 Å². The highest BCUT2D eigenvalue weighted by Crippen LogP contribution is 2.41. The Morgan fingerprint density at radius 2 is 2.03 bits per heavy atom. The summed E-state index contributed by atoms with van der Waals surface area (Å²) in [5.41, 5.74) is -0.335. The fraction of sp³-hybridized carbons (Fsp3) is 0.500. The number of aryl methyl sites for hydroxylation is 1. The number of rotatable bonds is 3. The highest BCUT2D eigenvalue weighted by molar-refractivity contribution is 9.10. The number of nitrogens with zero attached hydrogens (tertiary/aromatic N) is 3. The number of anilines is 1. The lowest BCUT2D eigenvalue weighted by Crippen LogP contribution is -2.44. The second-order valence-corrected chi connectivity index (χ2v) is 9.64. The number of carbonyl (C=O) groups excluding carboxylic acids is 1. The molecule has 11 heteroatoms. The molecule has 1 N–H and O–H groups in total. The van der Waals surface area contributed by atoms with Crippen molar-refractivity contribution in [2.45, 2.75) is 52.2 Å². The summed E-state index contributed by atoms with van der Waals surface area (Å²) in [4.78, 5) is 28.9. The van der Waals surface area contributed by atoms with E-state index in [0.717, 1.165) is 0 Å². The van der Waals surface area contributed by atoms with Gasteiger partial charge in [-0.05, 0) is 68.1 Å². The molecule has 1 aliphatic heterocycles. The first-order chi connectivity index (χ1) is 14.4. The van der Waals surface area contributed by atoms with E-state index in [1.165, 1.54) is 0 Å². The van der Waals surface area contributed by atoms with Crippen LogP contribution in [0.3, 0.4) is 0 Å². The molecule has 0 bridgehead atoms. The molecule has 0 aliphatic carbocycles. The van der Waals surface area contributed by atoms with E-state index >= 15 is 0 Å². The summed E-state index contributed by atoms with van der Waals surface area (Å²) in [7, 11) is 0. The quantitative estimate of drug-likeness (QED) is 0.313. The van der Waals surface area contributed by atoms with Gasteiger partial charge in [0.05, 0.1) is 9.40 Å². The minimum atomic E-state index is -0.630. The molecule has 168 valence electrons. The molecule has 0 atom stereocenters. The molecule has 0 spiro atoms. The maximum atomic E-state index is 14.8. The fourth-order valence-electron chi connectivity index (χ4n) is 3.47. The molecule has 2 heterocycles. The molecule has 0 radical (unpaired) electrons. The average Bonchev–Trinajstić information content (AvgIpc) is 2.66. The van der Waals surface area contributed by atoms with Gasteiger partial charge in [-0.15, -0.1) is 0 Å². The molecule has 0 saturated carbocycles. The van der Waals surface area contributed by atoms with Crippen molar-refractivity contribution in [1.82, 2.24) is 9.88 Å². The van der Waals surface area contributed by atoms with Crippen LogP contribution in [0.5, 0.6) is 0 Å². The van der Waals surface area contributed by atoms with Crippen LogP contribution in [0.4, 0.5) is 20.6 Å². The average molecular weight is 518 g/mol. The van der Waals surface area contributed by atoms with Gasteiger partial charge in [-0.1, -0.05) is 11.6 Å². The van der Waals surface area contributed by atoms with Crippen molar-refractivity contribution in [3.05, 3.63) is 37.2 Å². The maximum absolute atomic E-state index is 14.8. The molecule has 1 aromatic heterocycles. The molecule has 31 heavy (non-hydrogen) atoms. The predicted molar refractivity (Wildman–Crippen MR) is 120 cm³/mol. The van der Waals surface area contributed by atoms with Crippen molar-refractivity contribution >= 4 is 55.9 Å². The number of pyridine rings is 1. The first-order valence-corrected chi connectivity index (χ1v) is 10.9. The number of carbonyl (C=O) groups is 1. The Labute approximate surface area is 192 Å². The predicted octanol–water partition coefficient (Wildman–Crippen LogP) is 5.82. The fourth-order valence-corrected chi connectivity index (χ4v) is 4.03. The molecule has 3 rings (SSSR count). The van der Waals surface area contributed by atoms with Crippen LogP contribution in [0, 0.1) is 22.9 Å². The van der Waals surface area contributed by atoms with Gasteiger partial charge in [-0.25, -0.2) is 14.2 Å². The van der Waals surface area contributed by atoms with E-state index in [0.29, 0.717) is 31.5 Å². The summed E-state index contributed by atoms with van der Waals surface area (Å²) >= 11 is 9.24. The topological polar surface area (TPSA) is 97.6 Å². The van der Waals surface area contributed by atoms with Crippen molar-refractivity contribution in [1.29, 1.82) is 0 Å². The minimum Gasteiger partial charge on any atom is -0.444 e. The summed E-state index contributed by atoms with van der Waals surface area (Å²) in [5, 5.41) is 14.8. The van der Waals surface area contributed by atoms with Crippen molar-refractivity contribution in [3.63, 3.8) is 0 Å². The molecule has 1 fully saturated rings. The molecule has 0 unspecified atom stereocenters. The zero-order valence-electron chi connectivity index (χ0n) is 17.6. The summed E-state index contributed by atoms with van der Waals surface area (Å²) in [6.45, 7) is 7.95. The van der Waals surface area contributed by atoms with E-state index in [-0.39, 0.29) is 32.3 Å². The lowest BCUT2D eigenvalue weighted by molar-refractivity contribution is -0.384. The van der Waals surface area contributed by atoms with Gasteiger partial charge in [0.2, 0.25) is 5.15 Å². The number of aromatic nitrogens is 1. The van der Waals surface area contributed by atoms with Crippen molar-refractivity contribution in [2.75, 3.05) is 18.4 Å². The number of nitro groups is 1. The van der Waals surface area contributed by atoms with Crippen LogP contribution in [-0.2, 0) is 4.74 Å². The van der Waals surface area contributed by atoms with Crippen LogP contribution in [0.15, 0.2) is 10.5 Å². The molecule has 8 nitrogen and oxygen atoms in total. The van der Waals surface area contributed by atoms with Crippen LogP contribution < -0.4 is 5.32 Å². The molecule has 1 saturated heterocycles. The Hall–Kier alpha value is -2.20. The largest absolute Gasteiger partial charge is 0.444 e. The van der Waals surface area contributed by atoms with Gasteiger partial charge < -0.3 is 15.0 Å². The van der Waals surface area contributed by atoms with Gasteiger partial charge in [0.25, 0.3) is 0 Å². The number of amides is 1. The number of benzene rings is 1. The minimum absolute atomic E-state index is 0.0539. The molecule has 2 aromatic rings. The van der Waals surface area contributed by atoms with E-state index in [1.807, 2.05) is 0 Å². The number of hydrogen-bond donors (Lipinski definition) is 1. The second-order valence-electron chi connectivity index (χ2n) is 8.49. The number of fused-ring (bicyclic) bond motifs is 1. The molecular weight excluding hydrogens is 495 g/mol. The van der Waals surface area contributed by atoms with Crippen LogP contribution in [0.25, 0.3) is 10.9 Å². The number of likely N-dealkylation sites (tertiary alicyclic amines) is 1. The van der Waals surface area contributed by atoms with Gasteiger partial charge in [0.15, 0.2) is 5.82 Å². The first kappa shape index (κ1) is 23.5. The van der Waals surface area contributed by atoms with Crippen molar-refractivity contribution < 1.29 is 18.8 Å². The van der Waals surface area contributed by atoms with E-state index in [9.17, 15) is 19.3 Å². The van der Waals surface area contributed by atoms with E-state index in [2.05, 4.69) is 26.2 Å². The van der Waals surface area contributed by atoms with Gasteiger partial charge in [0.1, 0.15) is 16.8 Å². The van der Waals surface area contributed by atoms with Gasteiger partial charge in [-0.2, -0.15) is 0 Å². The van der Waals surface area contributed by atoms with Gasteiger partial charge >= 0.3 is 11.8 Å². The third-order valence-corrected chi connectivity index (χ3v) is 6.19. The van der Waals surface area contributed by atoms with Crippen molar-refractivity contribution in [2.24, 2.45) is 0 Å². The smallest absolute Gasteiger partial charge is 0.410 e. The molecular formula is C20H23BrClFN4O4. The van der Waals surface area contributed by atoms with Gasteiger partial charge in [-0.3, -0.25) is 10.1 Å². The highest BCUT2D eigenvalue weighted by atomic mass is 79.9. The maximum Gasteiger partial charge on any atom is 0.410 e. The van der Waals surface area contributed by atoms with E-state index in [1.54, 1.807) is 38.7 Å². The SMILES string of the molecule is Cc1cc2c(NC3CCN(C(=O)OC(C)(C)C)CC3)c([N+](=O)[O-])c(Cl)nc2c(F)c1Br. The normalized spacial score (nSPS) is 15.3. The Balaban J connectivity index is 1.90. The lowest BCUT2D eigenvalue weighted by Gasteiger charge is -2.34. The zero-order valence-corrected chi connectivity index (χ0v) is 19.9. The number of hydrogen-bond acceptors (Lipinski definition) is 6. The standard InChI is InChI=1S/C20H23BrClFN4O4/c1-10-9-12-15(14(23)13(10)21)25-18(22)17(27(29)30)16(12)24-11-5-7-26(8-6-11)19(28)31-20(2,3)4/h9,11H,5-8H2,1-4H3,(H,24,25). The molecule has 1 aromatic carbocycles. The van der Waals surface area contributed by atoms with Gasteiger partial charge in [0, 0.05) is 24.5 Å². The van der Waals surface area contributed by atoms with Crippen LogP contribution in [0.1, 0.15) is 39.2 Å². The summed E-state index contributed by atoms with van der Waals surface area (Å²) < 4.78 is 20.4. The zero-order chi connectivity index (χ0) is 23.1. The number of ether oxygens (including phenoxy) is 1.